The predicted octanol–water partition coefficient (Wildman–Crippen LogP) is 2.98. The highest BCUT2D eigenvalue weighted by Gasteiger charge is 2.40. The molecule has 0 N–H and O–H groups in total. The molecule has 0 amide bonds. The first-order valence-corrected chi connectivity index (χ1v) is 6.50. The fourth-order valence-electron chi connectivity index (χ4n) is 2.75. The summed E-state index contributed by atoms with van der Waals surface area (Å²) >= 11 is 3.52. The van der Waals surface area contributed by atoms with Crippen LogP contribution in [0.3, 0.4) is 0 Å². The van der Waals surface area contributed by atoms with Crippen LogP contribution in [0.4, 0.5) is 0 Å². The fourth-order valence-corrected chi connectivity index (χ4v) is 3.37. The van der Waals surface area contributed by atoms with Crippen LogP contribution in [0.2, 0.25) is 0 Å². The molecule has 0 spiro atoms. The first-order chi connectivity index (χ1) is 7.70. The van der Waals surface area contributed by atoms with Gasteiger partial charge in [-0.15, -0.1) is 0 Å². The van der Waals surface area contributed by atoms with Crippen molar-refractivity contribution < 1.29 is 4.79 Å². The van der Waals surface area contributed by atoms with E-state index in [0.29, 0.717) is 6.04 Å². The van der Waals surface area contributed by atoms with Crippen molar-refractivity contribution in [1.82, 2.24) is 4.90 Å². The number of aldehydes is 1. The molecule has 0 saturated heterocycles. The van der Waals surface area contributed by atoms with E-state index < -0.39 is 0 Å². The number of nitrogens with zero attached hydrogens (tertiary/aromatic N) is 1. The molecule has 0 radical (unpaired) electrons. The second-order valence-corrected chi connectivity index (χ2v) is 5.70. The molecule has 84 valence electrons. The number of halogens is 1. The molecule has 3 heteroatoms. The lowest BCUT2D eigenvalue weighted by molar-refractivity contribution is -0.112. The summed E-state index contributed by atoms with van der Waals surface area (Å²) in [7, 11) is 0. The van der Waals surface area contributed by atoms with Crippen molar-refractivity contribution in [3.8, 4) is 0 Å². The summed E-state index contributed by atoms with van der Waals surface area (Å²) in [6, 6.07) is 4.89. The molecule has 1 aliphatic heterocycles. The van der Waals surface area contributed by atoms with E-state index in [4.69, 9.17) is 0 Å². The summed E-state index contributed by atoms with van der Waals surface area (Å²) in [5.74, 6) is 0. The lowest BCUT2D eigenvalue weighted by Gasteiger charge is -2.20. The largest absolute Gasteiger partial charge is 0.301 e. The summed E-state index contributed by atoms with van der Waals surface area (Å²) in [5, 5.41) is 0. The molecule has 1 unspecified atom stereocenters. The van der Waals surface area contributed by atoms with Crippen molar-refractivity contribution in [2.45, 2.75) is 38.4 Å². The van der Waals surface area contributed by atoms with E-state index in [-0.39, 0.29) is 6.04 Å². The molecular formula is C13H14BrNO. The van der Waals surface area contributed by atoms with E-state index in [9.17, 15) is 4.79 Å². The molecule has 2 nitrogen and oxygen atoms in total. The Bertz CT molecular complexity index is 453. The number of rotatable bonds is 2. The summed E-state index contributed by atoms with van der Waals surface area (Å²) < 4.78 is 1.12. The average molecular weight is 280 g/mol. The predicted molar refractivity (Wildman–Crippen MR) is 66.2 cm³/mol. The molecular weight excluding hydrogens is 266 g/mol. The maximum Gasteiger partial charge on any atom is 0.141 e. The first kappa shape index (κ1) is 10.5. The number of aryl methyl sites for hydroxylation is 1. The van der Waals surface area contributed by atoms with Crippen LogP contribution in [0, 0.1) is 6.92 Å². The molecule has 1 saturated carbocycles. The van der Waals surface area contributed by atoms with Gasteiger partial charge in [-0.3, -0.25) is 4.90 Å². The molecule has 0 bridgehead atoms. The van der Waals surface area contributed by atoms with E-state index in [1.54, 1.807) is 0 Å². The minimum atomic E-state index is -0.00407. The fraction of sp³-hybridized carbons (Fsp3) is 0.462. The van der Waals surface area contributed by atoms with Gasteiger partial charge in [0.1, 0.15) is 6.29 Å². The Kier molecular flexibility index (Phi) is 2.41. The van der Waals surface area contributed by atoms with Crippen LogP contribution >= 0.6 is 15.9 Å². The number of fused-ring (bicyclic) bond motifs is 1. The highest BCUT2D eigenvalue weighted by molar-refractivity contribution is 9.10. The Morgan fingerprint density at radius 3 is 2.81 bits per heavy atom. The number of hydrogen-bond donors (Lipinski definition) is 0. The summed E-state index contributed by atoms with van der Waals surface area (Å²) in [5.41, 5.74) is 3.78. The van der Waals surface area contributed by atoms with E-state index in [1.165, 1.54) is 29.5 Å². The van der Waals surface area contributed by atoms with Crippen LogP contribution in [0.25, 0.3) is 0 Å². The zero-order valence-electron chi connectivity index (χ0n) is 9.24. The van der Waals surface area contributed by atoms with E-state index in [1.807, 2.05) is 0 Å². The lowest BCUT2D eigenvalue weighted by Crippen LogP contribution is -2.25. The molecule has 1 aliphatic carbocycles. The maximum absolute atomic E-state index is 11.3. The van der Waals surface area contributed by atoms with Gasteiger partial charge in [-0.05, 0) is 48.6 Å². The second kappa shape index (κ2) is 3.67. The molecule has 0 aromatic heterocycles. The summed E-state index contributed by atoms with van der Waals surface area (Å²) in [4.78, 5) is 13.6. The van der Waals surface area contributed by atoms with Crippen LogP contribution < -0.4 is 0 Å². The van der Waals surface area contributed by atoms with Crippen molar-refractivity contribution >= 4 is 22.2 Å². The quantitative estimate of drug-likeness (QED) is 0.776. The van der Waals surface area contributed by atoms with Gasteiger partial charge < -0.3 is 4.79 Å². The third-order valence-electron chi connectivity index (χ3n) is 3.59. The highest BCUT2D eigenvalue weighted by atomic mass is 79.9. The van der Waals surface area contributed by atoms with Gasteiger partial charge in [-0.2, -0.15) is 0 Å². The Balaban J connectivity index is 2.07. The topological polar surface area (TPSA) is 20.3 Å². The van der Waals surface area contributed by atoms with Crippen molar-refractivity contribution in [3.05, 3.63) is 33.3 Å². The highest BCUT2D eigenvalue weighted by Crippen LogP contribution is 2.43. The number of benzene rings is 1. The van der Waals surface area contributed by atoms with E-state index in [0.717, 1.165) is 17.3 Å². The van der Waals surface area contributed by atoms with Gasteiger partial charge >= 0.3 is 0 Å². The van der Waals surface area contributed by atoms with Crippen LogP contribution in [0.1, 0.15) is 35.6 Å². The molecule has 1 atom stereocenters. The Labute approximate surface area is 104 Å². The smallest absolute Gasteiger partial charge is 0.141 e. The molecule has 16 heavy (non-hydrogen) atoms. The third-order valence-corrected chi connectivity index (χ3v) is 4.05. The Morgan fingerprint density at radius 2 is 2.19 bits per heavy atom. The van der Waals surface area contributed by atoms with Gasteiger partial charge in [0.2, 0.25) is 0 Å². The summed E-state index contributed by atoms with van der Waals surface area (Å²) in [6.45, 7) is 3.03. The summed E-state index contributed by atoms with van der Waals surface area (Å²) in [6.07, 6.45) is 3.60. The van der Waals surface area contributed by atoms with Gasteiger partial charge in [-0.25, -0.2) is 0 Å². The standard InChI is InChI=1S/C13H14BrNO/c1-8-4-10(14)5-9-6-15(11-2-3-11)12(7-16)13(8)9/h4-5,7,11-12H,2-3,6H2,1H3. The normalized spacial score (nSPS) is 24.5. The molecule has 3 rings (SSSR count). The van der Waals surface area contributed by atoms with Crippen molar-refractivity contribution in [2.75, 3.05) is 0 Å². The number of hydrogen-bond acceptors (Lipinski definition) is 2. The van der Waals surface area contributed by atoms with E-state index >= 15 is 0 Å². The molecule has 1 heterocycles. The van der Waals surface area contributed by atoms with Gasteiger partial charge in [-0.1, -0.05) is 15.9 Å². The first-order valence-electron chi connectivity index (χ1n) is 5.70. The van der Waals surface area contributed by atoms with Gasteiger partial charge in [0.05, 0.1) is 6.04 Å². The van der Waals surface area contributed by atoms with Crippen LogP contribution in [-0.2, 0) is 11.3 Å². The second-order valence-electron chi connectivity index (χ2n) is 4.78. The average Bonchev–Trinajstić information content (AvgIpc) is 2.99. The van der Waals surface area contributed by atoms with Crippen LogP contribution in [0.5, 0.6) is 0 Å². The molecule has 1 aromatic carbocycles. The Hall–Kier alpha value is -0.670. The third kappa shape index (κ3) is 1.54. The SMILES string of the molecule is Cc1cc(Br)cc2c1C(C=O)N(C1CC1)C2. The van der Waals surface area contributed by atoms with Gasteiger partial charge in [0.15, 0.2) is 0 Å². The van der Waals surface area contributed by atoms with Gasteiger partial charge in [0.25, 0.3) is 0 Å². The van der Waals surface area contributed by atoms with Gasteiger partial charge in [0, 0.05) is 17.1 Å². The minimum absolute atomic E-state index is 0.00407. The number of carbonyl (C=O) groups excluding carboxylic acids is 1. The molecule has 1 fully saturated rings. The van der Waals surface area contributed by atoms with Crippen molar-refractivity contribution in [2.24, 2.45) is 0 Å². The van der Waals surface area contributed by atoms with Crippen molar-refractivity contribution in [1.29, 1.82) is 0 Å². The Morgan fingerprint density at radius 1 is 1.44 bits per heavy atom. The van der Waals surface area contributed by atoms with Crippen molar-refractivity contribution in [3.63, 3.8) is 0 Å². The zero-order chi connectivity index (χ0) is 11.3. The zero-order valence-corrected chi connectivity index (χ0v) is 10.8. The maximum atomic E-state index is 11.3. The molecule has 1 aromatic rings. The monoisotopic (exact) mass is 279 g/mol. The molecule has 2 aliphatic rings. The lowest BCUT2D eigenvalue weighted by atomic mass is 10.00. The minimum Gasteiger partial charge on any atom is -0.301 e. The van der Waals surface area contributed by atoms with Crippen LogP contribution in [0.15, 0.2) is 16.6 Å². The van der Waals surface area contributed by atoms with E-state index in [2.05, 4.69) is 39.9 Å². The number of carbonyl (C=O) groups is 1. The van der Waals surface area contributed by atoms with Crippen LogP contribution in [-0.4, -0.2) is 17.2 Å².